The summed E-state index contributed by atoms with van der Waals surface area (Å²) in [4.78, 5) is 4.33. The quantitative estimate of drug-likeness (QED) is 0.790. The van der Waals surface area contributed by atoms with Crippen molar-refractivity contribution in [1.82, 2.24) is 15.5 Å². The fourth-order valence-electron chi connectivity index (χ4n) is 1.77. The van der Waals surface area contributed by atoms with E-state index < -0.39 is 0 Å². The zero-order chi connectivity index (χ0) is 13.5. The van der Waals surface area contributed by atoms with Crippen molar-refractivity contribution >= 4 is 0 Å². The predicted octanol–water partition coefficient (Wildman–Crippen LogP) is 1.52. The maximum absolute atomic E-state index is 8.81. The summed E-state index contributed by atoms with van der Waals surface area (Å²) in [7, 11) is 0. The molecule has 0 spiro atoms. The minimum atomic E-state index is 0.178. The first kappa shape index (κ1) is 13.7. The van der Waals surface area contributed by atoms with Gasteiger partial charge in [-0.15, -0.1) is 0 Å². The third-order valence-electron chi connectivity index (χ3n) is 2.88. The van der Waals surface area contributed by atoms with Crippen molar-refractivity contribution in [1.29, 1.82) is 0 Å². The second-order valence-corrected chi connectivity index (χ2v) is 4.56. The molecule has 0 aliphatic carbocycles. The number of aliphatic hydroxyl groups excluding tert-OH is 1. The molecule has 0 saturated carbocycles. The minimum absolute atomic E-state index is 0.178. The normalized spacial score (nSPS) is 12.5. The Kier molecular flexibility index (Phi) is 5.06. The molecule has 1 heterocycles. The van der Waals surface area contributed by atoms with Crippen molar-refractivity contribution in [3.63, 3.8) is 0 Å². The van der Waals surface area contributed by atoms with Crippen LogP contribution in [0.3, 0.4) is 0 Å². The summed E-state index contributed by atoms with van der Waals surface area (Å²) < 4.78 is 5.18. The topological polar surface area (TPSA) is 71.2 Å². The standard InChI is InChI=1S/C14H19N3O2/c1-11(7-8-18)15-10-14-16-13(17-19-14)9-12-5-3-2-4-6-12/h2-6,11,15,18H,7-10H2,1H3. The van der Waals surface area contributed by atoms with Gasteiger partial charge in [0.15, 0.2) is 5.82 Å². The number of hydrogen-bond acceptors (Lipinski definition) is 5. The van der Waals surface area contributed by atoms with E-state index >= 15 is 0 Å². The SMILES string of the molecule is CC(CCO)NCc1nc(Cc2ccccc2)no1. The van der Waals surface area contributed by atoms with Gasteiger partial charge >= 0.3 is 0 Å². The van der Waals surface area contributed by atoms with Crippen LogP contribution < -0.4 is 5.32 Å². The molecule has 2 aromatic rings. The van der Waals surface area contributed by atoms with Gasteiger partial charge in [0.1, 0.15) is 0 Å². The lowest BCUT2D eigenvalue weighted by Crippen LogP contribution is -2.26. The van der Waals surface area contributed by atoms with Crippen LogP contribution in [0.2, 0.25) is 0 Å². The van der Waals surface area contributed by atoms with E-state index in [0.717, 1.165) is 5.56 Å². The van der Waals surface area contributed by atoms with Gasteiger partial charge in [-0.05, 0) is 18.9 Å². The van der Waals surface area contributed by atoms with Crippen LogP contribution in [0.25, 0.3) is 0 Å². The number of aromatic nitrogens is 2. The molecule has 0 aliphatic heterocycles. The van der Waals surface area contributed by atoms with E-state index in [1.807, 2.05) is 37.3 Å². The Balaban J connectivity index is 1.85. The Morgan fingerprint density at radius 1 is 1.32 bits per heavy atom. The van der Waals surface area contributed by atoms with Gasteiger partial charge in [-0.3, -0.25) is 0 Å². The Bertz CT molecular complexity index is 484. The summed E-state index contributed by atoms with van der Waals surface area (Å²) in [5.41, 5.74) is 1.16. The molecule has 19 heavy (non-hydrogen) atoms. The zero-order valence-corrected chi connectivity index (χ0v) is 11.0. The van der Waals surface area contributed by atoms with Gasteiger partial charge in [-0.1, -0.05) is 35.5 Å². The molecular weight excluding hydrogens is 242 g/mol. The molecule has 5 nitrogen and oxygen atoms in total. The van der Waals surface area contributed by atoms with Crippen LogP contribution in [0.1, 0.15) is 30.6 Å². The van der Waals surface area contributed by atoms with Crippen molar-refractivity contribution in [2.45, 2.75) is 32.4 Å². The second kappa shape index (κ2) is 7.01. The lowest BCUT2D eigenvalue weighted by Gasteiger charge is -2.09. The van der Waals surface area contributed by atoms with Crippen molar-refractivity contribution in [2.24, 2.45) is 0 Å². The molecule has 0 saturated heterocycles. The number of nitrogens with zero attached hydrogens (tertiary/aromatic N) is 2. The number of nitrogens with one attached hydrogen (secondary N) is 1. The highest BCUT2D eigenvalue weighted by Gasteiger charge is 2.08. The summed E-state index contributed by atoms with van der Waals surface area (Å²) in [6, 6.07) is 10.3. The van der Waals surface area contributed by atoms with Crippen LogP contribution in [0.15, 0.2) is 34.9 Å². The van der Waals surface area contributed by atoms with Crippen molar-refractivity contribution in [3.05, 3.63) is 47.6 Å². The first-order valence-electron chi connectivity index (χ1n) is 6.47. The lowest BCUT2D eigenvalue weighted by atomic mass is 10.1. The molecule has 2 N–H and O–H groups in total. The van der Waals surface area contributed by atoms with Crippen molar-refractivity contribution in [2.75, 3.05) is 6.61 Å². The van der Waals surface area contributed by atoms with Gasteiger partial charge in [0.05, 0.1) is 6.54 Å². The summed E-state index contributed by atoms with van der Waals surface area (Å²) in [6.07, 6.45) is 1.39. The molecule has 0 aliphatic rings. The summed E-state index contributed by atoms with van der Waals surface area (Å²) >= 11 is 0. The van der Waals surface area contributed by atoms with Gasteiger partial charge < -0.3 is 14.9 Å². The molecule has 102 valence electrons. The van der Waals surface area contributed by atoms with Gasteiger partial charge in [0.25, 0.3) is 0 Å². The van der Waals surface area contributed by atoms with Gasteiger partial charge in [-0.2, -0.15) is 4.98 Å². The number of rotatable bonds is 7. The van der Waals surface area contributed by atoms with Gasteiger partial charge in [0.2, 0.25) is 5.89 Å². The maximum atomic E-state index is 8.81. The van der Waals surface area contributed by atoms with E-state index in [0.29, 0.717) is 31.1 Å². The van der Waals surface area contributed by atoms with E-state index in [2.05, 4.69) is 15.5 Å². The Labute approximate surface area is 112 Å². The van der Waals surface area contributed by atoms with E-state index in [-0.39, 0.29) is 12.6 Å². The molecule has 0 fully saturated rings. The highest BCUT2D eigenvalue weighted by Crippen LogP contribution is 2.06. The molecule has 1 unspecified atom stereocenters. The highest BCUT2D eigenvalue weighted by atomic mass is 16.5. The van der Waals surface area contributed by atoms with Crippen LogP contribution in [0.5, 0.6) is 0 Å². The first-order chi connectivity index (χ1) is 9.28. The van der Waals surface area contributed by atoms with Gasteiger partial charge in [-0.25, -0.2) is 0 Å². The zero-order valence-electron chi connectivity index (χ0n) is 11.0. The summed E-state index contributed by atoms with van der Waals surface area (Å²) in [6.45, 7) is 2.72. The fraction of sp³-hybridized carbons (Fsp3) is 0.429. The molecule has 1 atom stereocenters. The fourth-order valence-corrected chi connectivity index (χ4v) is 1.77. The Morgan fingerprint density at radius 3 is 2.84 bits per heavy atom. The molecule has 0 bridgehead atoms. The number of aliphatic hydroxyl groups is 1. The van der Waals surface area contributed by atoms with E-state index in [9.17, 15) is 0 Å². The van der Waals surface area contributed by atoms with E-state index in [1.54, 1.807) is 0 Å². The average Bonchev–Trinajstić information content (AvgIpc) is 2.86. The maximum Gasteiger partial charge on any atom is 0.240 e. The van der Waals surface area contributed by atoms with Crippen LogP contribution in [0.4, 0.5) is 0 Å². The smallest absolute Gasteiger partial charge is 0.240 e. The molecule has 2 rings (SSSR count). The second-order valence-electron chi connectivity index (χ2n) is 4.56. The molecule has 0 radical (unpaired) electrons. The molecule has 1 aromatic heterocycles. The van der Waals surface area contributed by atoms with Crippen molar-refractivity contribution < 1.29 is 9.63 Å². The van der Waals surface area contributed by atoms with Crippen LogP contribution in [0, 0.1) is 0 Å². The first-order valence-corrected chi connectivity index (χ1v) is 6.47. The summed E-state index contributed by atoms with van der Waals surface area (Å²) in [5, 5.41) is 16.0. The molecule has 1 aromatic carbocycles. The van der Waals surface area contributed by atoms with Crippen LogP contribution in [-0.4, -0.2) is 27.9 Å². The highest BCUT2D eigenvalue weighted by molar-refractivity contribution is 5.18. The number of benzene rings is 1. The van der Waals surface area contributed by atoms with Crippen molar-refractivity contribution in [3.8, 4) is 0 Å². The van der Waals surface area contributed by atoms with E-state index in [4.69, 9.17) is 9.63 Å². The third kappa shape index (κ3) is 4.46. The monoisotopic (exact) mass is 261 g/mol. The third-order valence-corrected chi connectivity index (χ3v) is 2.88. The van der Waals surface area contributed by atoms with Crippen LogP contribution >= 0.6 is 0 Å². The van der Waals surface area contributed by atoms with Crippen LogP contribution in [-0.2, 0) is 13.0 Å². The summed E-state index contributed by atoms with van der Waals surface area (Å²) in [5.74, 6) is 1.27. The molecular formula is C14H19N3O2. The molecule has 0 amide bonds. The minimum Gasteiger partial charge on any atom is -0.396 e. The van der Waals surface area contributed by atoms with E-state index in [1.165, 1.54) is 0 Å². The Morgan fingerprint density at radius 2 is 2.11 bits per heavy atom. The predicted molar refractivity (Wildman–Crippen MR) is 71.6 cm³/mol. The largest absolute Gasteiger partial charge is 0.396 e. The lowest BCUT2D eigenvalue weighted by molar-refractivity contribution is 0.265. The number of hydrogen-bond donors (Lipinski definition) is 2. The average molecular weight is 261 g/mol. The molecule has 5 heteroatoms. The Hall–Kier alpha value is -1.72. The van der Waals surface area contributed by atoms with Gasteiger partial charge in [0, 0.05) is 19.1 Å².